The molecular formula is C19H23N5OS. The van der Waals surface area contributed by atoms with Crippen molar-refractivity contribution >= 4 is 34.1 Å². The van der Waals surface area contributed by atoms with E-state index in [0.29, 0.717) is 29.6 Å². The van der Waals surface area contributed by atoms with Gasteiger partial charge in [-0.1, -0.05) is 18.2 Å². The van der Waals surface area contributed by atoms with Crippen molar-refractivity contribution in [3.05, 3.63) is 35.4 Å². The summed E-state index contributed by atoms with van der Waals surface area (Å²) in [6.07, 6.45) is 2.47. The van der Waals surface area contributed by atoms with Gasteiger partial charge in [0, 0.05) is 31.6 Å². The number of nitrogens with one attached hydrogen (secondary N) is 3. The van der Waals surface area contributed by atoms with Gasteiger partial charge in [0.2, 0.25) is 0 Å². The van der Waals surface area contributed by atoms with Gasteiger partial charge in [0.15, 0.2) is 5.11 Å². The van der Waals surface area contributed by atoms with Gasteiger partial charge in [-0.3, -0.25) is 0 Å². The number of nitrogens with zero attached hydrogens (tertiary/aromatic N) is 2. The molecule has 3 N–H and O–H groups in total. The zero-order valence-electron chi connectivity index (χ0n) is 14.8. The molecule has 1 aromatic carbocycles. The second kappa shape index (κ2) is 8.79. The van der Waals surface area contributed by atoms with Crippen LogP contribution in [-0.2, 0) is 4.74 Å². The summed E-state index contributed by atoms with van der Waals surface area (Å²) >= 11 is 5.27. The SMILES string of the molecule is Cc1cccc2cc(C#N)c(NCCNC(=S)NC[C@H]3CCCO3)nc12. The van der Waals surface area contributed by atoms with Crippen LogP contribution in [0.1, 0.15) is 24.0 Å². The minimum absolute atomic E-state index is 0.260. The van der Waals surface area contributed by atoms with Crippen LogP contribution >= 0.6 is 12.2 Å². The predicted octanol–water partition coefficient (Wildman–Crippen LogP) is 2.47. The molecule has 1 saturated heterocycles. The molecule has 0 spiro atoms. The van der Waals surface area contributed by atoms with Crippen LogP contribution in [-0.4, -0.2) is 42.4 Å². The van der Waals surface area contributed by atoms with Crippen LogP contribution in [0.15, 0.2) is 24.3 Å². The minimum atomic E-state index is 0.260. The van der Waals surface area contributed by atoms with Gasteiger partial charge < -0.3 is 20.7 Å². The molecule has 136 valence electrons. The molecule has 0 radical (unpaired) electrons. The highest BCUT2D eigenvalue weighted by molar-refractivity contribution is 7.80. The zero-order chi connectivity index (χ0) is 18.4. The lowest BCUT2D eigenvalue weighted by Crippen LogP contribution is -2.41. The molecule has 6 nitrogen and oxygen atoms in total. The first-order chi connectivity index (χ1) is 12.7. The van der Waals surface area contributed by atoms with E-state index < -0.39 is 0 Å². The molecule has 1 aliphatic heterocycles. The van der Waals surface area contributed by atoms with Crippen molar-refractivity contribution in [1.82, 2.24) is 15.6 Å². The summed E-state index contributed by atoms with van der Waals surface area (Å²) in [5, 5.41) is 20.5. The molecule has 0 bridgehead atoms. The monoisotopic (exact) mass is 369 g/mol. The number of ether oxygens (including phenoxy) is 1. The summed E-state index contributed by atoms with van der Waals surface area (Å²) < 4.78 is 5.56. The fourth-order valence-corrected chi connectivity index (χ4v) is 3.18. The van der Waals surface area contributed by atoms with Crippen molar-refractivity contribution in [1.29, 1.82) is 5.26 Å². The van der Waals surface area contributed by atoms with Crippen molar-refractivity contribution in [2.45, 2.75) is 25.9 Å². The van der Waals surface area contributed by atoms with E-state index in [-0.39, 0.29) is 6.10 Å². The van der Waals surface area contributed by atoms with E-state index in [1.54, 1.807) is 0 Å². The third-order valence-corrected chi connectivity index (χ3v) is 4.67. The Labute approximate surface area is 158 Å². The smallest absolute Gasteiger partial charge is 0.166 e. The highest BCUT2D eigenvalue weighted by atomic mass is 32.1. The zero-order valence-corrected chi connectivity index (χ0v) is 15.7. The van der Waals surface area contributed by atoms with E-state index in [0.717, 1.165) is 42.5 Å². The molecule has 2 aromatic rings. The Morgan fingerprint density at radius 1 is 1.38 bits per heavy atom. The lowest BCUT2D eigenvalue weighted by atomic mass is 10.1. The van der Waals surface area contributed by atoms with Gasteiger partial charge in [-0.05, 0) is 43.6 Å². The molecule has 2 heterocycles. The molecular weight excluding hydrogens is 346 g/mol. The quantitative estimate of drug-likeness (QED) is 0.533. The summed E-state index contributed by atoms with van der Waals surface area (Å²) in [6, 6.07) is 10.0. The number of anilines is 1. The maximum Gasteiger partial charge on any atom is 0.166 e. The highest BCUT2D eigenvalue weighted by Crippen LogP contribution is 2.22. The number of hydrogen-bond acceptors (Lipinski definition) is 5. The average Bonchev–Trinajstić information content (AvgIpc) is 3.17. The van der Waals surface area contributed by atoms with Gasteiger partial charge in [0.25, 0.3) is 0 Å². The fourth-order valence-electron chi connectivity index (χ4n) is 3.00. The first-order valence-electron chi connectivity index (χ1n) is 8.85. The summed E-state index contributed by atoms with van der Waals surface area (Å²) in [4.78, 5) is 4.62. The van der Waals surface area contributed by atoms with Crippen molar-refractivity contribution in [3.63, 3.8) is 0 Å². The van der Waals surface area contributed by atoms with Crippen LogP contribution in [0.5, 0.6) is 0 Å². The van der Waals surface area contributed by atoms with E-state index in [9.17, 15) is 5.26 Å². The van der Waals surface area contributed by atoms with Gasteiger partial charge in [-0.25, -0.2) is 4.98 Å². The largest absolute Gasteiger partial charge is 0.376 e. The normalized spacial score (nSPS) is 16.2. The maximum atomic E-state index is 9.38. The molecule has 26 heavy (non-hydrogen) atoms. The summed E-state index contributed by atoms with van der Waals surface area (Å²) in [6.45, 7) is 4.85. The summed E-state index contributed by atoms with van der Waals surface area (Å²) in [7, 11) is 0. The molecule has 0 saturated carbocycles. The molecule has 0 aliphatic carbocycles. The first kappa shape index (κ1) is 18.4. The number of benzene rings is 1. The molecule has 0 amide bonds. The van der Waals surface area contributed by atoms with E-state index in [4.69, 9.17) is 17.0 Å². The van der Waals surface area contributed by atoms with E-state index >= 15 is 0 Å². The Bertz CT molecular complexity index is 827. The Balaban J connectivity index is 1.50. The summed E-state index contributed by atoms with van der Waals surface area (Å²) in [5.41, 5.74) is 2.55. The number of nitriles is 1. The van der Waals surface area contributed by atoms with Crippen molar-refractivity contribution in [3.8, 4) is 6.07 Å². The summed E-state index contributed by atoms with van der Waals surface area (Å²) in [5.74, 6) is 0.606. The number of fused-ring (bicyclic) bond motifs is 1. The van der Waals surface area contributed by atoms with E-state index in [1.807, 2.05) is 31.2 Å². The van der Waals surface area contributed by atoms with Gasteiger partial charge >= 0.3 is 0 Å². The standard InChI is InChI=1S/C19H23N5OS/c1-13-4-2-5-14-10-15(11-20)18(24-17(13)14)21-7-8-22-19(26)23-12-16-6-3-9-25-16/h2,4-5,10,16H,3,6-9,12H2,1H3,(H,21,24)(H2,22,23,26)/t16-/m1/s1. The van der Waals surface area contributed by atoms with Crippen LogP contribution in [0.3, 0.4) is 0 Å². The Morgan fingerprint density at radius 3 is 3.04 bits per heavy atom. The lowest BCUT2D eigenvalue weighted by Gasteiger charge is -2.14. The molecule has 1 atom stereocenters. The topological polar surface area (TPSA) is 82.0 Å². The van der Waals surface area contributed by atoms with Gasteiger partial charge in [0.1, 0.15) is 11.9 Å². The molecule has 0 unspecified atom stereocenters. The second-order valence-electron chi connectivity index (χ2n) is 6.34. The van der Waals surface area contributed by atoms with Crippen LogP contribution in [0, 0.1) is 18.3 Å². The van der Waals surface area contributed by atoms with Gasteiger partial charge in [-0.15, -0.1) is 0 Å². The molecule has 1 aliphatic rings. The number of rotatable bonds is 6. The number of pyridine rings is 1. The Kier molecular flexibility index (Phi) is 6.21. The highest BCUT2D eigenvalue weighted by Gasteiger charge is 2.15. The van der Waals surface area contributed by atoms with Crippen molar-refractivity contribution in [2.75, 3.05) is 31.6 Å². The van der Waals surface area contributed by atoms with Gasteiger partial charge in [0.05, 0.1) is 17.2 Å². The number of aromatic nitrogens is 1. The Morgan fingerprint density at radius 2 is 2.27 bits per heavy atom. The molecule has 1 fully saturated rings. The lowest BCUT2D eigenvalue weighted by molar-refractivity contribution is 0.114. The molecule has 1 aromatic heterocycles. The van der Waals surface area contributed by atoms with Crippen LogP contribution in [0.4, 0.5) is 5.82 Å². The van der Waals surface area contributed by atoms with Gasteiger partial charge in [-0.2, -0.15) is 5.26 Å². The van der Waals surface area contributed by atoms with Crippen molar-refractivity contribution in [2.24, 2.45) is 0 Å². The maximum absolute atomic E-state index is 9.38. The first-order valence-corrected chi connectivity index (χ1v) is 9.26. The number of thiocarbonyl (C=S) groups is 1. The molecule has 3 rings (SSSR count). The van der Waals surface area contributed by atoms with E-state index in [1.165, 1.54) is 0 Å². The predicted molar refractivity (Wildman–Crippen MR) is 107 cm³/mol. The van der Waals surface area contributed by atoms with E-state index in [2.05, 4.69) is 27.0 Å². The third-order valence-electron chi connectivity index (χ3n) is 4.39. The fraction of sp³-hybridized carbons (Fsp3) is 0.421. The number of para-hydroxylation sites is 1. The Hall–Kier alpha value is -2.43. The second-order valence-corrected chi connectivity index (χ2v) is 6.75. The van der Waals surface area contributed by atoms with Crippen LogP contribution < -0.4 is 16.0 Å². The molecule has 7 heteroatoms. The number of aryl methyl sites for hydroxylation is 1. The average molecular weight is 369 g/mol. The van der Waals surface area contributed by atoms with Crippen molar-refractivity contribution < 1.29 is 4.74 Å². The van der Waals surface area contributed by atoms with Crippen LogP contribution in [0.2, 0.25) is 0 Å². The minimum Gasteiger partial charge on any atom is -0.376 e. The third kappa shape index (κ3) is 4.59. The number of hydrogen-bond donors (Lipinski definition) is 3. The van der Waals surface area contributed by atoms with Crippen LogP contribution in [0.25, 0.3) is 10.9 Å².